The second-order valence-corrected chi connectivity index (χ2v) is 19.2. The van der Waals surface area contributed by atoms with E-state index in [1.165, 1.54) is 0 Å². The molecule has 59 heavy (non-hydrogen) atoms. The lowest BCUT2D eigenvalue weighted by atomic mass is 9.34. The number of ether oxygens (including phenoxy) is 6. The highest BCUT2D eigenvalue weighted by atomic mass is 16.6. The van der Waals surface area contributed by atoms with Gasteiger partial charge in [-0.15, -0.1) is 0 Å². The molecule has 330 valence electrons. The molecule has 0 aromatic carbocycles. The molecule has 0 saturated heterocycles. The average molecular weight is 831 g/mol. The fourth-order valence-corrected chi connectivity index (χ4v) is 12.1. The van der Waals surface area contributed by atoms with Gasteiger partial charge in [-0.1, -0.05) is 33.3 Å². The molecule has 1 N–H and O–H groups in total. The van der Waals surface area contributed by atoms with Crippen LogP contribution in [0.25, 0.3) is 0 Å². The minimum Gasteiger partial charge on any atom is -0.481 e. The van der Waals surface area contributed by atoms with Gasteiger partial charge in [0.15, 0.2) is 23.9 Å². The molecule has 0 amide bonds. The van der Waals surface area contributed by atoms with E-state index in [1.807, 2.05) is 13.0 Å². The van der Waals surface area contributed by atoms with Crippen molar-refractivity contribution in [3.8, 4) is 0 Å². The van der Waals surface area contributed by atoms with Gasteiger partial charge in [0.1, 0.15) is 6.10 Å². The second-order valence-electron chi connectivity index (χ2n) is 19.2. The standard InChI is InChI=1S/C45H66O14/c1-28-35(59-40(51)57-28)27-56-37(48)24-29-30-8-12-45(6)38(33(46)25-31-32-26-42(3,39(49)50)14-13-41(32,2)15-16-44(31,45)5)43(30,4)11-9-34(29)58-36(47)10-17-53-20-21-55-23-22-54-19-18-52-7/h25,29-30,32,34,38H,8-24,26-27H2,1-7H3,(H,49,50)/t29-,30?,32+,34+,38?,41-,42+,43+,44-,45-/m1/s1. The fraction of sp³-hybridized carbons (Fsp3) is 0.800. The maximum atomic E-state index is 14.9. The molecule has 4 saturated carbocycles. The number of fused-ring (bicyclic) bond motifs is 7. The smallest absolute Gasteiger partial charge is 0.481 e. The van der Waals surface area contributed by atoms with Gasteiger partial charge in [0.05, 0.1) is 64.5 Å². The maximum absolute atomic E-state index is 14.9. The monoisotopic (exact) mass is 830 g/mol. The quantitative estimate of drug-likeness (QED) is 0.123. The Kier molecular flexibility index (Phi) is 13.8. The summed E-state index contributed by atoms with van der Waals surface area (Å²) in [6.07, 6.45) is 7.73. The van der Waals surface area contributed by atoms with Crippen molar-refractivity contribution in [1.29, 1.82) is 0 Å². The van der Waals surface area contributed by atoms with Crippen LogP contribution in [0, 0.1) is 57.7 Å². The SMILES string of the molecule is COCCOCCOCCOCCC(=O)O[C@H]1CC[C@@]2(C)C(CC[C@]3(C)C2C(=O)C=C2[C@@H]4C[C@@](C)(C(=O)O)CC[C@]4(C)CC[C@]23C)[C@H]1CC(=O)OCc1oc(=O)oc1C. The lowest BCUT2D eigenvalue weighted by molar-refractivity contribution is -0.198. The number of hydrogen-bond donors (Lipinski definition) is 1. The lowest BCUT2D eigenvalue weighted by Crippen LogP contribution is -2.65. The second kappa shape index (κ2) is 17.9. The lowest BCUT2D eigenvalue weighted by Gasteiger charge is -2.69. The molecule has 2 unspecified atom stereocenters. The first-order valence-electron chi connectivity index (χ1n) is 21.6. The molecule has 1 aromatic heterocycles. The van der Waals surface area contributed by atoms with Crippen LogP contribution in [0.5, 0.6) is 0 Å². The Labute approximate surface area is 347 Å². The van der Waals surface area contributed by atoms with Gasteiger partial charge in [-0.2, -0.15) is 0 Å². The first-order chi connectivity index (χ1) is 27.9. The number of carboxylic acids is 1. The summed E-state index contributed by atoms with van der Waals surface area (Å²) in [5.41, 5.74) is -0.998. The van der Waals surface area contributed by atoms with Crippen LogP contribution in [0.2, 0.25) is 0 Å². The Bertz CT molecular complexity index is 1800. The summed E-state index contributed by atoms with van der Waals surface area (Å²) in [4.78, 5) is 66.0. The zero-order valence-corrected chi connectivity index (χ0v) is 36.2. The van der Waals surface area contributed by atoms with Crippen LogP contribution >= 0.6 is 0 Å². The Hall–Kier alpha value is -3.33. The number of carbonyl (C=O) groups excluding carboxylic acids is 3. The van der Waals surface area contributed by atoms with Gasteiger partial charge >= 0.3 is 23.7 Å². The molecule has 1 aromatic rings. The third-order valence-electron chi connectivity index (χ3n) is 15.9. The van der Waals surface area contributed by atoms with Crippen LogP contribution in [0.4, 0.5) is 0 Å². The number of hydrogen-bond acceptors (Lipinski definition) is 13. The van der Waals surface area contributed by atoms with E-state index in [4.69, 9.17) is 37.3 Å². The van der Waals surface area contributed by atoms with E-state index in [0.717, 1.165) is 37.7 Å². The van der Waals surface area contributed by atoms with Crippen molar-refractivity contribution in [2.24, 2.45) is 50.7 Å². The summed E-state index contributed by atoms with van der Waals surface area (Å²) < 4.78 is 43.3. The molecular weight excluding hydrogens is 764 g/mol. The summed E-state index contributed by atoms with van der Waals surface area (Å²) in [7, 11) is 1.61. The zero-order valence-electron chi connectivity index (χ0n) is 36.2. The van der Waals surface area contributed by atoms with Crippen molar-refractivity contribution in [1.82, 2.24) is 0 Å². The largest absolute Gasteiger partial charge is 0.519 e. The van der Waals surface area contributed by atoms with Crippen molar-refractivity contribution >= 4 is 23.7 Å². The van der Waals surface area contributed by atoms with Crippen LogP contribution in [0.15, 0.2) is 25.3 Å². The molecule has 1 heterocycles. The van der Waals surface area contributed by atoms with E-state index < -0.39 is 52.0 Å². The number of carboxylic acid groups (broad SMARTS) is 1. The van der Waals surface area contributed by atoms with Gasteiger partial charge in [-0.05, 0) is 111 Å². The van der Waals surface area contributed by atoms with Crippen molar-refractivity contribution in [2.45, 2.75) is 125 Å². The Morgan fingerprint density at radius 1 is 0.814 bits per heavy atom. The molecule has 0 spiro atoms. The Balaban J connectivity index is 1.18. The predicted octanol–water partition coefficient (Wildman–Crippen LogP) is 6.63. The van der Waals surface area contributed by atoms with Gasteiger partial charge in [0.2, 0.25) is 0 Å². The normalized spacial score (nSPS) is 36.4. The van der Waals surface area contributed by atoms with E-state index in [9.17, 15) is 29.1 Å². The molecular formula is C45H66O14. The molecule has 0 aliphatic heterocycles. The Morgan fingerprint density at radius 3 is 2.12 bits per heavy atom. The highest BCUT2D eigenvalue weighted by Gasteiger charge is 2.69. The van der Waals surface area contributed by atoms with Crippen molar-refractivity contribution in [3.63, 3.8) is 0 Å². The summed E-state index contributed by atoms with van der Waals surface area (Å²) >= 11 is 0. The number of aryl methyl sites for hydroxylation is 1. The Morgan fingerprint density at radius 2 is 1.47 bits per heavy atom. The number of rotatable bonds is 18. The molecule has 14 nitrogen and oxygen atoms in total. The van der Waals surface area contributed by atoms with Crippen molar-refractivity contribution < 1.29 is 61.5 Å². The molecule has 5 aliphatic carbocycles. The highest BCUT2D eigenvalue weighted by molar-refractivity contribution is 5.95. The third-order valence-corrected chi connectivity index (χ3v) is 15.9. The van der Waals surface area contributed by atoms with Crippen LogP contribution < -0.4 is 5.82 Å². The van der Waals surface area contributed by atoms with Crippen LogP contribution in [-0.4, -0.2) is 88.3 Å². The average Bonchev–Trinajstić information content (AvgIpc) is 3.51. The summed E-state index contributed by atoms with van der Waals surface area (Å²) in [6, 6.07) is 0. The van der Waals surface area contributed by atoms with Crippen molar-refractivity contribution in [3.05, 3.63) is 33.8 Å². The van der Waals surface area contributed by atoms with Gasteiger partial charge in [-0.3, -0.25) is 19.2 Å². The molecule has 5 aliphatic rings. The fourth-order valence-electron chi connectivity index (χ4n) is 12.1. The number of ketones is 1. The minimum absolute atomic E-state index is 0.00616. The zero-order chi connectivity index (χ0) is 42.8. The minimum atomic E-state index is -0.876. The van der Waals surface area contributed by atoms with E-state index >= 15 is 0 Å². The van der Waals surface area contributed by atoms with Crippen molar-refractivity contribution in [2.75, 3.05) is 53.4 Å². The first-order valence-corrected chi connectivity index (χ1v) is 21.6. The summed E-state index contributed by atoms with van der Waals surface area (Å²) in [5.74, 6) is -3.07. The third kappa shape index (κ3) is 8.88. The van der Waals surface area contributed by atoms with E-state index in [2.05, 4.69) is 27.7 Å². The first kappa shape index (κ1) is 45.2. The number of methoxy groups -OCH3 is 1. The van der Waals surface area contributed by atoms with E-state index in [-0.39, 0.29) is 71.9 Å². The van der Waals surface area contributed by atoms with Gasteiger partial charge in [0.25, 0.3) is 0 Å². The van der Waals surface area contributed by atoms with Crippen LogP contribution in [0.3, 0.4) is 0 Å². The topological polar surface area (TPSA) is 187 Å². The van der Waals surface area contributed by atoms with E-state index in [0.29, 0.717) is 65.3 Å². The predicted molar refractivity (Wildman–Crippen MR) is 212 cm³/mol. The maximum Gasteiger partial charge on any atom is 0.519 e. The van der Waals surface area contributed by atoms with Gasteiger partial charge < -0.3 is 42.4 Å². The van der Waals surface area contributed by atoms with Gasteiger partial charge in [-0.25, -0.2) is 4.79 Å². The molecule has 0 bridgehead atoms. The highest BCUT2D eigenvalue weighted by Crippen LogP contribution is 2.74. The molecule has 4 fully saturated rings. The van der Waals surface area contributed by atoms with Gasteiger partial charge in [0, 0.05) is 18.9 Å². The number of carbonyl (C=O) groups is 4. The molecule has 6 rings (SSSR count). The molecule has 10 atom stereocenters. The molecule has 0 radical (unpaired) electrons. The summed E-state index contributed by atoms with van der Waals surface area (Å²) in [5, 5.41) is 10.3. The van der Waals surface area contributed by atoms with E-state index in [1.54, 1.807) is 14.0 Å². The number of aliphatic carboxylic acids is 1. The molecule has 14 heteroatoms. The van der Waals surface area contributed by atoms with Crippen LogP contribution in [0.1, 0.15) is 117 Å². The summed E-state index contributed by atoms with van der Waals surface area (Å²) in [6.45, 7) is 14.9. The number of esters is 2. The van der Waals surface area contributed by atoms with Crippen LogP contribution in [-0.2, 0) is 54.2 Å². The number of allylic oxidation sites excluding steroid dienone is 2.